The highest BCUT2D eigenvalue weighted by Gasteiger charge is 2.59. The Hall–Kier alpha value is -3.60. The van der Waals surface area contributed by atoms with Gasteiger partial charge in [0.15, 0.2) is 0 Å². The van der Waals surface area contributed by atoms with E-state index in [2.05, 4.69) is 5.32 Å². The molecule has 2 aliphatic rings. The van der Waals surface area contributed by atoms with E-state index in [1.807, 2.05) is 0 Å². The molecule has 0 unspecified atom stereocenters. The van der Waals surface area contributed by atoms with Gasteiger partial charge < -0.3 is 24.8 Å². The lowest BCUT2D eigenvalue weighted by atomic mass is 9.78. The molecule has 1 aromatic heterocycles. The number of aliphatic hydroxyl groups is 1. The van der Waals surface area contributed by atoms with Crippen LogP contribution < -0.4 is 10.9 Å². The van der Waals surface area contributed by atoms with Crippen LogP contribution >= 0.6 is 0 Å². The number of nitrogens with one attached hydrogen (secondary N) is 1. The highest BCUT2D eigenvalue weighted by Crippen LogP contribution is 2.47. The van der Waals surface area contributed by atoms with E-state index in [0.717, 1.165) is 0 Å². The van der Waals surface area contributed by atoms with Crippen molar-refractivity contribution >= 4 is 28.5 Å². The molecule has 11 heteroatoms. The summed E-state index contributed by atoms with van der Waals surface area (Å²) < 4.78 is 44.4. The van der Waals surface area contributed by atoms with Crippen LogP contribution in [0.2, 0.25) is 0 Å². The Bertz CT molecular complexity index is 1290. The lowest BCUT2D eigenvalue weighted by Gasteiger charge is -2.46. The molecule has 0 radical (unpaired) electrons. The fourth-order valence-electron chi connectivity index (χ4n) is 4.68. The first-order valence-electron chi connectivity index (χ1n) is 10.5. The second kappa shape index (κ2) is 8.32. The van der Waals surface area contributed by atoms with Crippen molar-refractivity contribution in [2.75, 3.05) is 11.9 Å². The van der Waals surface area contributed by atoms with Crippen LogP contribution in [0.4, 0.5) is 18.9 Å². The number of allylic oxidation sites excluding steroid dienone is 1. The largest absolute Gasteiger partial charge is 0.477 e. The molecule has 2 aromatic rings. The minimum Gasteiger partial charge on any atom is -0.477 e. The third kappa shape index (κ3) is 3.85. The molecule has 0 saturated carbocycles. The van der Waals surface area contributed by atoms with Crippen molar-refractivity contribution in [3.8, 4) is 0 Å². The number of halogens is 3. The third-order valence-electron chi connectivity index (χ3n) is 6.20. The maximum Gasteiger partial charge on any atom is 0.417 e. The van der Waals surface area contributed by atoms with Gasteiger partial charge in [0.05, 0.1) is 23.6 Å². The van der Waals surface area contributed by atoms with Gasteiger partial charge in [-0.2, -0.15) is 13.2 Å². The predicted molar refractivity (Wildman–Crippen MR) is 115 cm³/mol. The van der Waals surface area contributed by atoms with E-state index in [-0.39, 0.29) is 29.1 Å². The zero-order chi connectivity index (χ0) is 24.9. The Morgan fingerprint density at radius 1 is 1.29 bits per heavy atom. The van der Waals surface area contributed by atoms with Gasteiger partial charge in [0.25, 0.3) is 0 Å². The molecular formula is C23H21F3N2O6. The first-order chi connectivity index (χ1) is 15.9. The van der Waals surface area contributed by atoms with Gasteiger partial charge in [0, 0.05) is 35.7 Å². The lowest BCUT2D eigenvalue weighted by molar-refractivity contribution is -0.163. The van der Waals surface area contributed by atoms with Gasteiger partial charge in [-0.05, 0) is 24.6 Å². The van der Waals surface area contributed by atoms with Gasteiger partial charge in [-0.1, -0.05) is 19.1 Å². The number of carboxylic acid groups (broad SMARTS) is 1. The maximum atomic E-state index is 13.2. The van der Waals surface area contributed by atoms with E-state index in [1.165, 1.54) is 30.0 Å². The summed E-state index contributed by atoms with van der Waals surface area (Å²) in [7, 11) is 0. The monoisotopic (exact) mass is 478 g/mol. The van der Waals surface area contributed by atoms with Crippen LogP contribution in [0, 0.1) is 11.8 Å². The number of aliphatic carboxylic acids is 1. The minimum absolute atomic E-state index is 0.122. The number of amides is 1. The summed E-state index contributed by atoms with van der Waals surface area (Å²) in [5.41, 5.74) is -1.71. The van der Waals surface area contributed by atoms with Crippen molar-refractivity contribution < 1.29 is 37.4 Å². The van der Waals surface area contributed by atoms with Gasteiger partial charge in [-0.15, -0.1) is 0 Å². The van der Waals surface area contributed by atoms with Gasteiger partial charge in [-0.3, -0.25) is 4.79 Å². The number of carbonyl (C=O) groups is 2. The summed E-state index contributed by atoms with van der Waals surface area (Å²) in [6, 6.07) is 3.85. The number of carboxylic acids is 1. The first-order valence-corrected chi connectivity index (χ1v) is 10.5. The fourth-order valence-corrected chi connectivity index (χ4v) is 4.68. The zero-order valence-electron chi connectivity index (χ0n) is 18.1. The molecule has 8 nitrogen and oxygen atoms in total. The number of alkyl halides is 3. The van der Waals surface area contributed by atoms with E-state index in [9.17, 15) is 37.8 Å². The Morgan fingerprint density at radius 2 is 2.00 bits per heavy atom. The number of aliphatic hydroxyl groups excluding tert-OH is 1. The van der Waals surface area contributed by atoms with E-state index in [0.29, 0.717) is 17.3 Å². The number of β-lactam (4-membered cyclic amide) rings is 1. The van der Waals surface area contributed by atoms with Crippen LogP contribution in [0.15, 0.2) is 56.9 Å². The molecule has 0 bridgehead atoms. The summed E-state index contributed by atoms with van der Waals surface area (Å²) in [5.74, 6) is -2.65. The fraction of sp³-hybridized carbons (Fsp3) is 0.348. The predicted octanol–water partition coefficient (Wildman–Crippen LogP) is 2.98. The average Bonchev–Trinajstić information content (AvgIpc) is 2.97. The van der Waals surface area contributed by atoms with Crippen molar-refractivity contribution in [3.05, 3.63) is 63.7 Å². The summed E-state index contributed by atoms with van der Waals surface area (Å²) >= 11 is 0. The molecular weight excluding hydrogens is 457 g/mol. The van der Waals surface area contributed by atoms with Gasteiger partial charge in [-0.25, -0.2) is 9.59 Å². The van der Waals surface area contributed by atoms with Crippen LogP contribution in [0.25, 0.3) is 11.0 Å². The van der Waals surface area contributed by atoms with Crippen LogP contribution in [0.3, 0.4) is 0 Å². The summed E-state index contributed by atoms with van der Waals surface area (Å²) in [6.45, 7) is 3.45. The van der Waals surface area contributed by atoms with Gasteiger partial charge in [0.1, 0.15) is 11.3 Å². The maximum absolute atomic E-state index is 13.2. The minimum atomic E-state index is -4.71. The molecule has 3 heterocycles. The van der Waals surface area contributed by atoms with Crippen molar-refractivity contribution in [3.63, 3.8) is 0 Å². The number of benzene rings is 1. The number of fused-ring (bicyclic) bond motifs is 2. The molecule has 0 aliphatic carbocycles. The number of hydrogen-bond donors (Lipinski definition) is 3. The quantitative estimate of drug-likeness (QED) is 0.431. The highest BCUT2D eigenvalue weighted by atomic mass is 19.4. The molecule has 1 saturated heterocycles. The molecule has 34 heavy (non-hydrogen) atoms. The standard InChI is InChI=1S/C23H21F3N2O6/c1-10-13(20(22(32)33)28-19(10)18(11(2)29)21(28)31)4-3-7-27-12-5-6-14-15(23(24,25)26)9-17(30)34-16(14)8-12/h3-6,8-11,18-19,27,29H,7H2,1-2H3,(H,32,33)/b4-3+/t10-,11+,18+,19+/m0/s1. The molecule has 4 rings (SSSR count). The Balaban J connectivity index is 1.53. The molecule has 1 fully saturated rings. The van der Waals surface area contributed by atoms with E-state index in [1.54, 1.807) is 19.1 Å². The summed E-state index contributed by atoms with van der Waals surface area (Å²) in [5, 5.41) is 22.2. The highest BCUT2D eigenvalue weighted by molar-refractivity contribution is 6.00. The Labute approximate surface area is 191 Å². The van der Waals surface area contributed by atoms with E-state index < -0.39 is 47.3 Å². The van der Waals surface area contributed by atoms with Gasteiger partial charge in [0.2, 0.25) is 5.91 Å². The zero-order valence-corrected chi connectivity index (χ0v) is 18.1. The smallest absolute Gasteiger partial charge is 0.417 e. The SMILES string of the molecule is C[C@@H](O)[C@H]1C(=O)N2C(C(=O)O)=C(/C=C/CNc3ccc4c(C(F)(F)F)cc(=O)oc4c3)[C@H](C)[C@H]12. The van der Waals surface area contributed by atoms with Crippen molar-refractivity contribution in [2.24, 2.45) is 11.8 Å². The van der Waals surface area contributed by atoms with Crippen LogP contribution in [-0.2, 0) is 15.8 Å². The van der Waals surface area contributed by atoms with Crippen molar-refractivity contribution in [1.29, 1.82) is 0 Å². The number of nitrogens with zero attached hydrogens (tertiary/aromatic N) is 1. The number of anilines is 1. The topological polar surface area (TPSA) is 120 Å². The van der Waals surface area contributed by atoms with Crippen molar-refractivity contribution in [1.82, 2.24) is 4.90 Å². The number of hydrogen-bond acceptors (Lipinski definition) is 6. The number of carbonyl (C=O) groups excluding carboxylic acids is 1. The third-order valence-corrected chi connectivity index (χ3v) is 6.20. The molecule has 4 atom stereocenters. The van der Waals surface area contributed by atoms with E-state index in [4.69, 9.17) is 4.42 Å². The van der Waals surface area contributed by atoms with Gasteiger partial charge >= 0.3 is 17.8 Å². The molecule has 3 N–H and O–H groups in total. The summed E-state index contributed by atoms with van der Waals surface area (Å²) in [4.78, 5) is 36.9. The Kier molecular flexibility index (Phi) is 5.76. The van der Waals surface area contributed by atoms with E-state index >= 15 is 0 Å². The number of rotatable bonds is 6. The molecule has 0 spiro atoms. The van der Waals surface area contributed by atoms with Crippen molar-refractivity contribution in [2.45, 2.75) is 32.2 Å². The average molecular weight is 478 g/mol. The molecule has 1 amide bonds. The molecule has 2 aliphatic heterocycles. The summed E-state index contributed by atoms with van der Waals surface area (Å²) in [6.07, 6.45) is -2.41. The first kappa shape index (κ1) is 23.6. The van der Waals surface area contributed by atoms with Crippen LogP contribution in [-0.4, -0.2) is 45.7 Å². The second-order valence-corrected chi connectivity index (χ2v) is 8.33. The van der Waals surface area contributed by atoms with Crippen LogP contribution in [0.1, 0.15) is 19.4 Å². The second-order valence-electron chi connectivity index (χ2n) is 8.33. The molecule has 1 aromatic carbocycles. The Morgan fingerprint density at radius 3 is 2.62 bits per heavy atom. The normalized spacial score (nSPS) is 23.4. The van der Waals surface area contributed by atoms with Crippen LogP contribution in [0.5, 0.6) is 0 Å². The lowest BCUT2D eigenvalue weighted by Crippen LogP contribution is -2.63. The molecule has 180 valence electrons.